The van der Waals surface area contributed by atoms with Gasteiger partial charge in [-0.1, -0.05) is 13.0 Å². The van der Waals surface area contributed by atoms with E-state index in [1.165, 1.54) is 5.56 Å². The largest absolute Gasteiger partial charge is 0.346 e. The summed E-state index contributed by atoms with van der Waals surface area (Å²) in [5.74, 6) is -0.0529. The third kappa shape index (κ3) is 3.30. The monoisotopic (exact) mass is 234 g/mol. The lowest BCUT2D eigenvalue weighted by Crippen LogP contribution is -2.50. The van der Waals surface area contributed by atoms with E-state index >= 15 is 0 Å². The summed E-state index contributed by atoms with van der Waals surface area (Å²) < 4.78 is 0. The number of nitrogens with one attached hydrogen (secondary N) is 1. The zero-order chi connectivity index (χ0) is 13.1. The molecule has 0 aliphatic heterocycles. The Morgan fingerprint density at radius 2 is 2.00 bits per heavy atom. The molecular formula is C14H22N2O. The van der Waals surface area contributed by atoms with E-state index in [2.05, 4.69) is 5.32 Å². The second kappa shape index (κ2) is 5.32. The SMILES string of the molecule is CCC(C)(CN)NC(=O)c1ccc(C)c(C)c1. The molecule has 0 saturated carbocycles. The van der Waals surface area contributed by atoms with Crippen LogP contribution in [0.4, 0.5) is 0 Å². The highest BCUT2D eigenvalue weighted by molar-refractivity contribution is 5.95. The summed E-state index contributed by atoms with van der Waals surface area (Å²) in [7, 11) is 0. The summed E-state index contributed by atoms with van der Waals surface area (Å²) in [6.45, 7) is 8.47. The van der Waals surface area contributed by atoms with Gasteiger partial charge in [-0.25, -0.2) is 0 Å². The van der Waals surface area contributed by atoms with Crippen molar-refractivity contribution in [2.24, 2.45) is 5.73 Å². The van der Waals surface area contributed by atoms with Gasteiger partial charge in [0.15, 0.2) is 0 Å². The second-order valence-electron chi connectivity index (χ2n) is 4.87. The quantitative estimate of drug-likeness (QED) is 0.838. The molecule has 94 valence electrons. The minimum atomic E-state index is -0.324. The average molecular weight is 234 g/mol. The van der Waals surface area contributed by atoms with Crippen LogP contribution in [0.3, 0.4) is 0 Å². The molecule has 0 heterocycles. The van der Waals surface area contributed by atoms with E-state index in [1.807, 2.05) is 45.9 Å². The van der Waals surface area contributed by atoms with Crippen molar-refractivity contribution in [2.75, 3.05) is 6.54 Å². The predicted molar refractivity (Wildman–Crippen MR) is 71.1 cm³/mol. The van der Waals surface area contributed by atoms with Gasteiger partial charge in [-0.15, -0.1) is 0 Å². The first-order valence-corrected chi connectivity index (χ1v) is 6.01. The van der Waals surface area contributed by atoms with Crippen molar-refractivity contribution in [1.82, 2.24) is 5.32 Å². The lowest BCUT2D eigenvalue weighted by atomic mass is 9.98. The molecule has 3 nitrogen and oxygen atoms in total. The fourth-order valence-corrected chi connectivity index (χ4v) is 1.51. The molecule has 0 radical (unpaired) electrons. The molecule has 3 N–H and O–H groups in total. The number of carbonyl (C=O) groups is 1. The number of amides is 1. The Morgan fingerprint density at radius 3 is 2.47 bits per heavy atom. The maximum atomic E-state index is 12.1. The second-order valence-corrected chi connectivity index (χ2v) is 4.87. The molecule has 0 aliphatic carbocycles. The van der Waals surface area contributed by atoms with E-state index in [-0.39, 0.29) is 11.4 Å². The molecule has 1 amide bonds. The van der Waals surface area contributed by atoms with Crippen molar-refractivity contribution >= 4 is 5.91 Å². The number of hydrogen-bond donors (Lipinski definition) is 2. The summed E-state index contributed by atoms with van der Waals surface area (Å²) in [5, 5.41) is 2.99. The molecular weight excluding hydrogens is 212 g/mol. The van der Waals surface area contributed by atoms with Crippen LogP contribution in [0.1, 0.15) is 41.8 Å². The highest BCUT2D eigenvalue weighted by Crippen LogP contribution is 2.12. The molecule has 1 aromatic rings. The summed E-state index contributed by atoms with van der Waals surface area (Å²) >= 11 is 0. The van der Waals surface area contributed by atoms with Crippen molar-refractivity contribution in [3.8, 4) is 0 Å². The fourth-order valence-electron chi connectivity index (χ4n) is 1.51. The van der Waals surface area contributed by atoms with E-state index in [9.17, 15) is 4.79 Å². The van der Waals surface area contributed by atoms with Crippen LogP contribution in [0, 0.1) is 13.8 Å². The van der Waals surface area contributed by atoms with Crippen LogP contribution in [0.15, 0.2) is 18.2 Å². The third-order valence-corrected chi connectivity index (χ3v) is 3.42. The Bertz CT molecular complexity index is 409. The maximum absolute atomic E-state index is 12.1. The van der Waals surface area contributed by atoms with E-state index in [4.69, 9.17) is 5.73 Å². The van der Waals surface area contributed by atoms with Crippen LogP contribution < -0.4 is 11.1 Å². The van der Waals surface area contributed by atoms with Crippen LogP contribution in [-0.4, -0.2) is 18.0 Å². The number of rotatable bonds is 4. The smallest absolute Gasteiger partial charge is 0.251 e. The van der Waals surface area contributed by atoms with Gasteiger partial charge in [0.25, 0.3) is 5.91 Å². The average Bonchev–Trinajstić information content (AvgIpc) is 2.32. The van der Waals surface area contributed by atoms with E-state index in [0.29, 0.717) is 12.1 Å². The molecule has 3 heteroatoms. The topological polar surface area (TPSA) is 55.1 Å². The van der Waals surface area contributed by atoms with Gasteiger partial charge < -0.3 is 11.1 Å². The normalized spacial score (nSPS) is 14.2. The fraction of sp³-hybridized carbons (Fsp3) is 0.500. The summed E-state index contributed by atoms with van der Waals surface area (Å²) in [6, 6.07) is 5.73. The summed E-state index contributed by atoms with van der Waals surface area (Å²) in [6.07, 6.45) is 0.820. The Kier molecular flexibility index (Phi) is 4.29. The highest BCUT2D eigenvalue weighted by atomic mass is 16.1. The lowest BCUT2D eigenvalue weighted by Gasteiger charge is -2.28. The van der Waals surface area contributed by atoms with Gasteiger partial charge in [-0.3, -0.25) is 4.79 Å². The van der Waals surface area contributed by atoms with Crippen molar-refractivity contribution in [1.29, 1.82) is 0 Å². The highest BCUT2D eigenvalue weighted by Gasteiger charge is 2.22. The van der Waals surface area contributed by atoms with Crippen LogP contribution in [-0.2, 0) is 0 Å². The first-order chi connectivity index (χ1) is 7.91. The summed E-state index contributed by atoms with van der Waals surface area (Å²) in [5.41, 5.74) is 8.38. The molecule has 1 atom stereocenters. The minimum Gasteiger partial charge on any atom is -0.346 e. The Hall–Kier alpha value is -1.35. The third-order valence-electron chi connectivity index (χ3n) is 3.42. The predicted octanol–water partition coefficient (Wildman–Crippen LogP) is 2.16. The van der Waals surface area contributed by atoms with Gasteiger partial charge in [0.1, 0.15) is 0 Å². The molecule has 0 saturated heterocycles. The molecule has 1 rings (SSSR count). The molecule has 1 unspecified atom stereocenters. The van der Waals surface area contributed by atoms with Crippen molar-refractivity contribution in [3.63, 3.8) is 0 Å². The Morgan fingerprint density at radius 1 is 1.35 bits per heavy atom. The first kappa shape index (κ1) is 13.7. The number of benzene rings is 1. The number of nitrogens with two attached hydrogens (primary N) is 1. The van der Waals surface area contributed by atoms with E-state index in [1.54, 1.807) is 0 Å². The molecule has 0 aromatic heterocycles. The molecule has 17 heavy (non-hydrogen) atoms. The van der Waals surface area contributed by atoms with Crippen LogP contribution >= 0.6 is 0 Å². The van der Waals surface area contributed by atoms with Gasteiger partial charge in [-0.05, 0) is 50.5 Å². The molecule has 0 bridgehead atoms. The van der Waals surface area contributed by atoms with Crippen molar-refractivity contribution < 1.29 is 4.79 Å². The lowest BCUT2D eigenvalue weighted by molar-refractivity contribution is 0.0906. The Balaban J connectivity index is 2.86. The maximum Gasteiger partial charge on any atom is 0.251 e. The van der Waals surface area contributed by atoms with E-state index < -0.39 is 0 Å². The van der Waals surface area contributed by atoms with Crippen LogP contribution in [0.2, 0.25) is 0 Å². The van der Waals surface area contributed by atoms with Gasteiger partial charge in [0.2, 0.25) is 0 Å². The van der Waals surface area contributed by atoms with Crippen molar-refractivity contribution in [2.45, 2.75) is 39.7 Å². The molecule has 0 spiro atoms. The molecule has 0 aliphatic rings. The Labute approximate surface area is 103 Å². The molecule has 0 fully saturated rings. The van der Waals surface area contributed by atoms with E-state index in [0.717, 1.165) is 12.0 Å². The summed E-state index contributed by atoms with van der Waals surface area (Å²) in [4.78, 5) is 12.1. The standard InChI is InChI=1S/C14H22N2O/c1-5-14(4,9-15)16-13(17)12-7-6-10(2)11(3)8-12/h6-8H,5,9,15H2,1-4H3,(H,16,17). The van der Waals surface area contributed by atoms with Gasteiger partial charge in [0, 0.05) is 17.6 Å². The number of aryl methyl sites for hydroxylation is 2. The molecule has 1 aromatic carbocycles. The van der Waals surface area contributed by atoms with Gasteiger partial charge in [-0.2, -0.15) is 0 Å². The number of carbonyl (C=O) groups excluding carboxylic acids is 1. The van der Waals surface area contributed by atoms with Gasteiger partial charge in [0.05, 0.1) is 0 Å². The zero-order valence-electron chi connectivity index (χ0n) is 11.1. The minimum absolute atomic E-state index is 0.0529. The first-order valence-electron chi connectivity index (χ1n) is 6.01. The van der Waals surface area contributed by atoms with Crippen LogP contribution in [0.5, 0.6) is 0 Å². The van der Waals surface area contributed by atoms with Gasteiger partial charge >= 0.3 is 0 Å². The number of hydrogen-bond acceptors (Lipinski definition) is 2. The van der Waals surface area contributed by atoms with Crippen molar-refractivity contribution in [3.05, 3.63) is 34.9 Å². The zero-order valence-corrected chi connectivity index (χ0v) is 11.1. The van der Waals surface area contributed by atoms with Crippen LogP contribution in [0.25, 0.3) is 0 Å².